The number of ether oxygens (including phenoxy) is 1. The Morgan fingerprint density at radius 3 is 2.39 bits per heavy atom. The van der Waals surface area contributed by atoms with E-state index in [1.165, 1.54) is 6.92 Å². The fourth-order valence-electron chi connectivity index (χ4n) is 2.95. The fourth-order valence-corrected chi connectivity index (χ4v) is 3.08. The molecule has 8 heteroatoms. The number of amides is 1. The highest BCUT2D eigenvalue weighted by molar-refractivity contribution is 6.75. The van der Waals surface area contributed by atoms with Crippen molar-refractivity contribution in [3.63, 3.8) is 0 Å². The van der Waals surface area contributed by atoms with Crippen LogP contribution in [0.5, 0.6) is 0 Å². The number of nitrogens with zero attached hydrogens (tertiary/aromatic N) is 2. The molecule has 0 bridgehead atoms. The van der Waals surface area contributed by atoms with Gasteiger partial charge in [-0.2, -0.15) is 5.10 Å². The normalized spacial score (nSPS) is 20.5. The Bertz CT molecular complexity index is 944. The lowest BCUT2D eigenvalue weighted by molar-refractivity contribution is -0.147. The van der Waals surface area contributed by atoms with E-state index in [0.717, 1.165) is 4.90 Å². The minimum Gasteiger partial charge on any atom is -0.464 e. The molecule has 7 nitrogen and oxygen atoms in total. The highest BCUT2D eigenvalue weighted by Gasteiger charge is 2.60. The van der Waals surface area contributed by atoms with Crippen LogP contribution >= 0.6 is 11.6 Å². The summed E-state index contributed by atoms with van der Waals surface area (Å²) in [6.45, 7) is 3.17. The van der Waals surface area contributed by atoms with Gasteiger partial charge in [0.15, 0.2) is 11.3 Å². The largest absolute Gasteiger partial charge is 0.464 e. The van der Waals surface area contributed by atoms with Crippen LogP contribution in [-0.2, 0) is 19.1 Å². The maximum Gasteiger partial charge on any atom is 0.338 e. The van der Waals surface area contributed by atoms with E-state index in [4.69, 9.17) is 16.3 Å². The quantitative estimate of drug-likeness (QED) is 0.474. The molecule has 2 aromatic carbocycles. The zero-order valence-electron chi connectivity index (χ0n) is 15.3. The minimum atomic E-state index is -1.72. The van der Waals surface area contributed by atoms with Gasteiger partial charge in [0, 0.05) is 10.7 Å². The average Bonchev–Trinajstić information content (AvgIpc) is 2.89. The standard InChI is InChI=1S/C20H18ClN3O4/c1-3-28-19(27)20(2)17(23-22-14-7-5-4-6-8-14)16(25)18(26)24(20)15-11-9-13(21)10-12-15/h4-12,22H,3H2,1-2H3/b23-17-/t20-/m1/s1. The summed E-state index contributed by atoms with van der Waals surface area (Å²) in [4.78, 5) is 39.4. The molecule has 28 heavy (non-hydrogen) atoms. The predicted octanol–water partition coefficient (Wildman–Crippen LogP) is 3.05. The van der Waals surface area contributed by atoms with E-state index < -0.39 is 23.2 Å². The highest BCUT2D eigenvalue weighted by Crippen LogP contribution is 2.34. The molecule has 0 saturated carbocycles. The Labute approximate surface area is 166 Å². The second-order valence-electron chi connectivity index (χ2n) is 6.18. The Kier molecular flexibility index (Phi) is 5.46. The third kappa shape index (κ3) is 3.36. The summed E-state index contributed by atoms with van der Waals surface area (Å²) in [6, 6.07) is 15.1. The second-order valence-corrected chi connectivity index (χ2v) is 6.61. The predicted molar refractivity (Wildman–Crippen MR) is 106 cm³/mol. The number of hydrogen-bond donors (Lipinski definition) is 1. The fraction of sp³-hybridized carbons (Fsp3) is 0.200. The summed E-state index contributed by atoms with van der Waals surface area (Å²) >= 11 is 5.92. The SMILES string of the molecule is CCOC(=O)[C@@]1(C)/C(=N\Nc2ccccc2)C(=O)C(=O)N1c1ccc(Cl)cc1. The first-order valence-electron chi connectivity index (χ1n) is 8.60. The lowest BCUT2D eigenvalue weighted by Gasteiger charge is -2.31. The van der Waals surface area contributed by atoms with E-state index in [-0.39, 0.29) is 12.3 Å². The maximum atomic E-state index is 12.8. The summed E-state index contributed by atoms with van der Waals surface area (Å²) in [5.41, 5.74) is 1.71. The van der Waals surface area contributed by atoms with Gasteiger partial charge in [-0.1, -0.05) is 29.8 Å². The van der Waals surface area contributed by atoms with Crippen LogP contribution in [0.2, 0.25) is 5.02 Å². The van der Waals surface area contributed by atoms with E-state index in [1.54, 1.807) is 55.5 Å². The van der Waals surface area contributed by atoms with Crippen molar-refractivity contribution in [2.75, 3.05) is 16.9 Å². The first-order chi connectivity index (χ1) is 13.4. The van der Waals surface area contributed by atoms with Crippen molar-refractivity contribution in [3.05, 3.63) is 59.6 Å². The summed E-state index contributed by atoms with van der Waals surface area (Å²) in [5.74, 6) is -2.50. The molecular formula is C20H18ClN3O4. The number of ketones is 1. The van der Waals surface area contributed by atoms with Gasteiger partial charge in [0.2, 0.25) is 0 Å². The maximum absolute atomic E-state index is 12.8. The Balaban J connectivity index is 2.09. The first-order valence-corrected chi connectivity index (χ1v) is 8.98. The monoisotopic (exact) mass is 399 g/mol. The van der Waals surface area contributed by atoms with Crippen LogP contribution < -0.4 is 10.3 Å². The van der Waals surface area contributed by atoms with E-state index in [0.29, 0.717) is 16.4 Å². The average molecular weight is 400 g/mol. The van der Waals surface area contributed by atoms with Crippen molar-refractivity contribution in [1.82, 2.24) is 0 Å². The van der Waals surface area contributed by atoms with Crippen LogP contribution in [0.4, 0.5) is 11.4 Å². The van der Waals surface area contributed by atoms with Gasteiger partial charge in [0.05, 0.1) is 12.3 Å². The molecular weight excluding hydrogens is 382 g/mol. The number of anilines is 2. The van der Waals surface area contributed by atoms with Gasteiger partial charge in [0.25, 0.3) is 5.78 Å². The number of carbonyl (C=O) groups excluding carboxylic acids is 3. The highest BCUT2D eigenvalue weighted by atomic mass is 35.5. The number of Topliss-reactive ketones (excluding diaryl/α,β-unsaturated/α-hetero) is 1. The molecule has 2 aromatic rings. The summed E-state index contributed by atoms with van der Waals surface area (Å²) < 4.78 is 5.16. The third-order valence-electron chi connectivity index (χ3n) is 4.35. The molecule has 1 atom stereocenters. The van der Waals surface area contributed by atoms with Crippen LogP contribution in [0.1, 0.15) is 13.8 Å². The second kappa shape index (κ2) is 7.82. The molecule has 1 fully saturated rings. The van der Waals surface area contributed by atoms with Crippen molar-refractivity contribution < 1.29 is 19.1 Å². The first kappa shape index (κ1) is 19.6. The van der Waals surface area contributed by atoms with Crippen molar-refractivity contribution in [2.24, 2.45) is 5.10 Å². The van der Waals surface area contributed by atoms with Crippen LogP contribution in [0.25, 0.3) is 0 Å². The zero-order chi connectivity index (χ0) is 20.3. The molecule has 0 aromatic heterocycles. The van der Waals surface area contributed by atoms with E-state index in [1.807, 2.05) is 6.07 Å². The van der Waals surface area contributed by atoms with Crippen LogP contribution in [0.3, 0.4) is 0 Å². The molecule has 1 N–H and O–H groups in total. The van der Waals surface area contributed by atoms with Gasteiger partial charge in [0.1, 0.15) is 0 Å². The number of benzene rings is 2. The number of rotatable bonds is 5. The molecule has 0 aliphatic carbocycles. The molecule has 0 unspecified atom stereocenters. The van der Waals surface area contributed by atoms with Gasteiger partial charge in [-0.05, 0) is 50.2 Å². The van der Waals surface area contributed by atoms with Gasteiger partial charge >= 0.3 is 11.9 Å². The molecule has 1 saturated heterocycles. The number of esters is 1. The zero-order valence-corrected chi connectivity index (χ0v) is 16.1. The minimum absolute atomic E-state index is 0.0880. The van der Waals surface area contributed by atoms with Crippen molar-refractivity contribution in [1.29, 1.82) is 0 Å². The molecule has 0 radical (unpaired) electrons. The summed E-state index contributed by atoms with van der Waals surface area (Å²) in [6.07, 6.45) is 0. The van der Waals surface area contributed by atoms with Crippen molar-refractivity contribution >= 4 is 46.3 Å². The van der Waals surface area contributed by atoms with E-state index in [9.17, 15) is 14.4 Å². The molecule has 1 aliphatic heterocycles. The van der Waals surface area contributed by atoms with Crippen molar-refractivity contribution in [2.45, 2.75) is 19.4 Å². The number of halogens is 1. The van der Waals surface area contributed by atoms with Crippen LogP contribution in [-0.4, -0.2) is 35.5 Å². The number of hydrogen-bond acceptors (Lipinski definition) is 6. The van der Waals surface area contributed by atoms with Crippen molar-refractivity contribution in [3.8, 4) is 0 Å². The Morgan fingerprint density at radius 2 is 1.79 bits per heavy atom. The van der Waals surface area contributed by atoms with E-state index in [2.05, 4.69) is 10.5 Å². The third-order valence-corrected chi connectivity index (χ3v) is 4.60. The number of carbonyl (C=O) groups is 3. The summed E-state index contributed by atoms with van der Waals surface area (Å²) in [7, 11) is 0. The number of nitrogens with one attached hydrogen (secondary N) is 1. The van der Waals surface area contributed by atoms with Gasteiger partial charge in [-0.15, -0.1) is 0 Å². The smallest absolute Gasteiger partial charge is 0.338 e. The van der Waals surface area contributed by atoms with Crippen LogP contribution in [0.15, 0.2) is 59.7 Å². The Hall–Kier alpha value is -3.19. The van der Waals surface area contributed by atoms with E-state index >= 15 is 0 Å². The number of hydrazone groups is 1. The molecule has 0 spiro atoms. The van der Waals surface area contributed by atoms with Crippen LogP contribution in [0, 0.1) is 0 Å². The van der Waals surface area contributed by atoms with Gasteiger partial charge in [-0.3, -0.25) is 19.9 Å². The van der Waals surface area contributed by atoms with Gasteiger partial charge < -0.3 is 4.74 Å². The molecule has 1 heterocycles. The Morgan fingerprint density at radius 1 is 1.14 bits per heavy atom. The molecule has 1 aliphatic rings. The summed E-state index contributed by atoms with van der Waals surface area (Å²) in [5, 5.41) is 4.56. The topological polar surface area (TPSA) is 88.1 Å². The lowest BCUT2D eigenvalue weighted by atomic mass is 9.95. The lowest BCUT2D eigenvalue weighted by Crippen LogP contribution is -2.55. The number of para-hydroxylation sites is 1. The molecule has 1 amide bonds. The molecule has 3 rings (SSSR count). The molecule has 144 valence electrons. The van der Waals surface area contributed by atoms with Gasteiger partial charge in [-0.25, -0.2) is 4.79 Å².